The van der Waals surface area contributed by atoms with E-state index in [9.17, 15) is 13.2 Å². The molecule has 1 aromatic carbocycles. The summed E-state index contributed by atoms with van der Waals surface area (Å²) >= 11 is 0. The highest BCUT2D eigenvalue weighted by Crippen LogP contribution is 2.17. The Balaban J connectivity index is 2.88. The Morgan fingerprint density at radius 2 is 1.70 bits per heavy atom. The van der Waals surface area contributed by atoms with Crippen molar-refractivity contribution in [1.29, 1.82) is 0 Å². The van der Waals surface area contributed by atoms with Crippen LogP contribution < -0.4 is 10.5 Å². The van der Waals surface area contributed by atoms with Crippen LogP contribution in [0.5, 0.6) is 0 Å². The number of aliphatic carboxylic acids is 1. The van der Waals surface area contributed by atoms with Gasteiger partial charge in [0.2, 0.25) is 10.0 Å². The molecule has 0 fully saturated rings. The molecule has 0 aliphatic carbocycles. The molecule has 0 bridgehead atoms. The van der Waals surface area contributed by atoms with Gasteiger partial charge in [-0.3, -0.25) is 10.1 Å². The maximum atomic E-state index is 11.2. The van der Waals surface area contributed by atoms with Gasteiger partial charge in [-0.25, -0.2) is 13.6 Å². The first-order valence-electron chi connectivity index (χ1n) is 6.24. The Bertz CT molecular complexity index is 567. The lowest BCUT2D eigenvalue weighted by Crippen LogP contribution is -2.42. The molecule has 0 aromatic heterocycles. The predicted octanol–water partition coefficient (Wildman–Crippen LogP) is 1.09. The Morgan fingerprint density at radius 1 is 1.20 bits per heavy atom. The van der Waals surface area contributed by atoms with Crippen LogP contribution in [0.2, 0.25) is 0 Å². The number of carbonyl (C=O) groups is 1. The maximum Gasteiger partial charge on any atom is 0.320 e. The minimum atomic E-state index is -3.71. The molecular formula is C13H20N2O4S. The number of sulfonamides is 1. The molecular weight excluding hydrogens is 280 g/mol. The van der Waals surface area contributed by atoms with Crippen molar-refractivity contribution in [3.63, 3.8) is 0 Å². The molecule has 1 rings (SSSR count). The molecule has 4 N–H and O–H groups in total. The number of primary sulfonamides is 1. The lowest BCUT2D eigenvalue weighted by Gasteiger charge is -2.23. The average Bonchev–Trinajstić information content (AvgIpc) is 2.34. The lowest BCUT2D eigenvalue weighted by molar-refractivity contribution is -0.140. The summed E-state index contributed by atoms with van der Waals surface area (Å²) < 4.78 is 22.3. The number of hydrogen-bond donors (Lipinski definition) is 3. The van der Waals surface area contributed by atoms with Gasteiger partial charge >= 0.3 is 5.97 Å². The van der Waals surface area contributed by atoms with Crippen molar-refractivity contribution in [3.8, 4) is 0 Å². The van der Waals surface area contributed by atoms with E-state index in [4.69, 9.17) is 10.2 Å². The van der Waals surface area contributed by atoms with Gasteiger partial charge in [-0.05, 0) is 30.5 Å². The van der Waals surface area contributed by atoms with Gasteiger partial charge in [0.15, 0.2) is 0 Å². The molecule has 0 aliphatic rings. The third-order valence-electron chi connectivity index (χ3n) is 3.07. The van der Waals surface area contributed by atoms with Crippen LogP contribution in [0.15, 0.2) is 29.2 Å². The van der Waals surface area contributed by atoms with E-state index in [2.05, 4.69) is 5.32 Å². The highest BCUT2D eigenvalue weighted by molar-refractivity contribution is 7.89. The van der Waals surface area contributed by atoms with E-state index in [1.165, 1.54) is 12.1 Å². The van der Waals surface area contributed by atoms with Gasteiger partial charge in [0.1, 0.15) is 6.04 Å². The summed E-state index contributed by atoms with van der Waals surface area (Å²) in [7, 11) is -3.71. The van der Waals surface area contributed by atoms with Gasteiger partial charge in [0.25, 0.3) is 0 Å². The van der Waals surface area contributed by atoms with Gasteiger partial charge in [-0.1, -0.05) is 26.0 Å². The van der Waals surface area contributed by atoms with E-state index >= 15 is 0 Å². The molecule has 0 aliphatic heterocycles. The Hall–Kier alpha value is -1.44. The van der Waals surface area contributed by atoms with Crippen molar-refractivity contribution in [2.45, 2.75) is 37.8 Å². The lowest BCUT2D eigenvalue weighted by atomic mass is 10.0. The number of hydrogen-bond acceptors (Lipinski definition) is 4. The zero-order chi connectivity index (χ0) is 15.5. The summed E-state index contributed by atoms with van der Waals surface area (Å²) in [5, 5.41) is 17.2. The summed E-state index contributed by atoms with van der Waals surface area (Å²) in [6.45, 7) is 5.47. The first-order chi connectivity index (χ1) is 9.12. The van der Waals surface area contributed by atoms with Gasteiger partial charge in [0, 0.05) is 6.04 Å². The summed E-state index contributed by atoms with van der Waals surface area (Å²) in [5.41, 5.74) is 0.796. The van der Waals surface area contributed by atoms with Gasteiger partial charge in [-0.2, -0.15) is 0 Å². The Morgan fingerprint density at radius 3 is 2.05 bits per heavy atom. The molecule has 0 saturated carbocycles. The van der Waals surface area contributed by atoms with Crippen LogP contribution in [0.25, 0.3) is 0 Å². The molecule has 0 saturated heterocycles. The van der Waals surface area contributed by atoms with E-state index in [0.717, 1.165) is 5.56 Å². The molecule has 0 spiro atoms. The van der Waals surface area contributed by atoms with Crippen molar-refractivity contribution in [2.24, 2.45) is 11.1 Å². The summed E-state index contributed by atoms with van der Waals surface area (Å²) in [6.07, 6.45) is 0. The van der Waals surface area contributed by atoms with Crippen LogP contribution >= 0.6 is 0 Å². The first-order valence-corrected chi connectivity index (χ1v) is 7.79. The van der Waals surface area contributed by atoms with Crippen LogP contribution in [0.4, 0.5) is 0 Å². The van der Waals surface area contributed by atoms with Crippen molar-refractivity contribution in [1.82, 2.24) is 5.32 Å². The fourth-order valence-corrected chi connectivity index (χ4v) is 2.38. The van der Waals surface area contributed by atoms with Crippen molar-refractivity contribution < 1.29 is 18.3 Å². The van der Waals surface area contributed by atoms with Gasteiger partial charge in [0.05, 0.1) is 4.90 Å². The molecule has 1 aromatic rings. The van der Waals surface area contributed by atoms with Crippen molar-refractivity contribution in [2.75, 3.05) is 0 Å². The van der Waals surface area contributed by atoms with Crippen LogP contribution in [0, 0.1) is 5.92 Å². The third kappa shape index (κ3) is 4.29. The molecule has 6 nitrogen and oxygen atoms in total. The number of nitrogens with one attached hydrogen (secondary N) is 1. The molecule has 20 heavy (non-hydrogen) atoms. The SMILES string of the molecule is CC(NC(C(=O)O)C(C)C)c1ccc(S(N)(=O)=O)cc1. The van der Waals surface area contributed by atoms with Crippen LogP contribution in [-0.2, 0) is 14.8 Å². The maximum absolute atomic E-state index is 11.2. The highest BCUT2D eigenvalue weighted by atomic mass is 32.2. The number of carboxylic acids is 1. The number of rotatable bonds is 6. The molecule has 2 atom stereocenters. The van der Waals surface area contributed by atoms with Gasteiger partial charge < -0.3 is 5.11 Å². The van der Waals surface area contributed by atoms with Crippen molar-refractivity contribution in [3.05, 3.63) is 29.8 Å². The van der Waals surface area contributed by atoms with E-state index < -0.39 is 22.0 Å². The molecule has 0 radical (unpaired) electrons. The number of benzene rings is 1. The molecule has 0 heterocycles. The van der Waals surface area contributed by atoms with E-state index in [0.29, 0.717) is 0 Å². The average molecular weight is 300 g/mol. The number of nitrogens with two attached hydrogens (primary N) is 1. The third-order valence-corrected chi connectivity index (χ3v) is 4.00. The molecule has 7 heteroatoms. The standard InChI is InChI=1S/C13H20N2O4S/c1-8(2)12(13(16)17)15-9(3)10-4-6-11(7-5-10)20(14,18)19/h4-9,12,15H,1-3H3,(H,16,17)(H2,14,18,19). The fourth-order valence-electron chi connectivity index (χ4n) is 1.86. The second-order valence-corrected chi connectivity index (χ2v) is 6.62. The zero-order valence-corrected chi connectivity index (χ0v) is 12.5. The smallest absolute Gasteiger partial charge is 0.320 e. The summed E-state index contributed by atoms with van der Waals surface area (Å²) in [5.74, 6) is -0.966. The Kier molecular flexibility index (Phi) is 5.27. The molecule has 0 amide bonds. The zero-order valence-electron chi connectivity index (χ0n) is 11.7. The Labute approximate surface area is 119 Å². The molecule has 112 valence electrons. The normalized spacial score (nSPS) is 15.1. The second-order valence-electron chi connectivity index (χ2n) is 5.06. The summed E-state index contributed by atoms with van der Waals surface area (Å²) in [4.78, 5) is 11.2. The van der Waals surface area contributed by atoms with Crippen LogP contribution in [-0.4, -0.2) is 25.5 Å². The largest absolute Gasteiger partial charge is 0.480 e. The highest BCUT2D eigenvalue weighted by Gasteiger charge is 2.23. The van der Waals surface area contributed by atoms with Crippen LogP contribution in [0.1, 0.15) is 32.4 Å². The fraction of sp³-hybridized carbons (Fsp3) is 0.462. The first kappa shape index (κ1) is 16.6. The minimum absolute atomic E-state index is 0.0343. The minimum Gasteiger partial charge on any atom is -0.480 e. The van der Waals surface area contributed by atoms with Crippen LogP contribution in [0.3, 0.4) is 0 Å². The quantitative estimate of drug-likeness (QED) is 0.728. The second kappa shape index (κ2) is 6.34. The van der Waals surface area contributed by atoms with E-state index in [1.54, 1.807) is 12.1 Å². The predicted molar refractivity (Wildman–Crippen MR) is 75.6 cm³/mol. The topological polar surface area (TPSA) is 109 Å². The van der Waals surface area contributed by atoms with Crippen molar-refractivity contribution >= 4 is 16.0 Å². The number of carboxylic acid groups (broad SMARTS) is 1. The molecule has 2 unspecified atom stereocenters. The van der Waals surface area contributed by atoms with E-state index in [1.807, 2.05) is 20.8 Å². The monoisotopic (exact) mass is 300 g/mol. The van der Waals surface area contributed by atoms with E-state index in [-0.39, 0.29) is 16.9 Å². The summed E-state index contributed by atoms with van der Waals surface area (Å²) in [6, 6.07) is 5.19. The van der Waals surface area contributed by atoms with Gasteiger partial charge in [-0.15, -0.1) is 0 Å².